The molecule has 3 rings (SSSR count). The molecule has 0 unspecified atom stereocenters. The molecule has 0 fully saturated rings. The molecular formula is C21H24N4O2. The third-order valence-corrected chi connectivity index (χ3v) is 4.38. The summed E-state index contributed by atoms with van der Waals surface area (Å²) < 4.78 is 7.94. The van der Waals surface area contributed by atoms with Gasteiger partial charge in [0.15, 0.2) is 6.29 Å². The Morgan fingerprint density at radius 2 is 1.96 bits per heavy atom. The summed E-state index contributed by atoms with van der Waals surface area (Å²) in [6.07, 6.45) is 5.18. The SMILES string of the molecule is CCc1ccc(C=O)c(Oc2ccc(-c3cnc(CN(C)C)n3C)nc2)c1. The minimum absolute atomic E-state index is 0.524. The van der Waals surface area contributed by atoms with Crippen molar-refractivity contribution in [3.63, 3.8) is 0 Å². The van der Waals surface area contributed by atoms with Gasteiger partial charge in [-0.3, -0.25) is 9.78 Å². The van der Waals surface area contributed by atoms with E-state index in [0.29, 0.717) is 17.1 Å². The van der Waals surface area contributed by atoms with E-state index in [1.54, 1.807) is 12.3 Å². The van der Waals surface area contributed by atoms with Gasteiger partial charge >= 0.3 is 0 Å². The molecular weight excluding hydrogens is 340 g/mol. The molecule has 6 heteroatoms. The van der Waals surface area contributed by atoms with E-state index in [1.807, 2.05) is 56.2 Å². The first kappa shape index (κ1) is 18.8. The van der Waals surface area contributed by atoms with E-state index in [-0.39, 0.29) is 0 Å². The van der Waals surface area contributed by atoms with Gasteiger partial charge in [-0.15, -0.1) is 0 Å². The Balaban J connectivity index is 1.82. The van der Waals surface area contributed by atoms with Crippen LogP contribution in [-0.4, -0.2) is 39.8 Å². The lowest BCUT2D eigenvalue weighted by atomic mass is 10.1. The van der Waals surface area contributed by atoms with Crippen LogP contribution in [0.3, 0.4) is 0 Å². The molecule has 0 atom stereocenters. The number of nitrogens with zero attached hydrogens (tertiary/aromatic N) is 4. The van der Waals surface area contributed by atoms with Crippen molar-refractivity contribution in [3.8, 4) is 22.9 Å². The van der Waals surface area contributed by atoms with E-state index >= 15 is 0 Å². The summed E-state index contributed by atoms with van der Waals surface area (Å²) in [6, 6.07) is 9.37. The van der Waals surface area contributed by atoms with Crippen molar-refractivity contribution in [2.75, 3.05) is 14.1 Å². The van der Waals surface area contributed by atoms with Crippen molar-refractivity contribution in [3.05, 3.63) is 59.7 Å². The number of aromatic nitrogens is 3. The topological polar surface area (TPSA) is 60.2 Å². The highest BCUT2D eigenvalue weighted by Crippen LogP contribution is 2.27. The zero-order chi connectivity index (χ0) is 19.4. The Labute approximate surface area is 159 Å². The predicted octanol–water partition coefficient (Wildman–Crippen LogP) is 3.71. The number of carbonyl (C=O) groups is 1. The van der Waals surface area contributed by atoms with Crippen LogP contribution in [-0.2, 0) is 20.0 Å². The van der Waals surface area contributed by atoms with Gasteiger partial charge in [-0.25, -0.2) is 4.98 Å². The van der Waals surface area contributed by atoms with E-state index in [9.17, 15) is 4.79 Å². The first-order valence-corrected chi connectivity index (χ1v) is 8.89. The first-order chi connectivity index (χ1) is 13.0. The summed E-state index contributed by atoms with van der Waals surface area (Å²) in [6.45, 7) is 2.83. The molecule has 0 aliphatic heterocycles. The fraction of sp³-hybridized carbons (Fsp3) is 0.286. The van der Waals surface area contributed by atoms with Crippen molar-refractivity contribution < 1.29 is 9.53 Å². The number of benzene rings is 1. The number of pyridine rings is 1. The van der Waals surface area contributed by atoms with Gasteiger partial charge in [0, 0.05) is 7.05 Å². The molecule has 0 aliphatic rings. The van der Waals surface area contributed by atoms with E-state index in [4.69, 9.17) is 4.74 Å². The van der Waals surface area contributed by atoms with Crippen LogP contribution in [0.2, 0.25) is 0 Å². The van der Waals surface area contributed by atoms with Crippen molar-refractivity contribution in [1.82, 2.24) is 19.4 Å². The van der Waals surface area contributed by atoms with Gasteiger partial charge in [0.1, 0.15) is 17.3 Å². The maximum absolute atomic E-state index is 11.3. The summed E-state index contributed by atoms with van der Waals surface area (Å²) in [5.41, 5.74) is 3.40. The molecule has 0 amide bonds. The second-order valence-electron chi connectivity index (χ2n) is 6.68. The minimum Gasteiger partial charge on any atom is -0.455 e. The number of carbonyl (C=O) groups excluding carboxylic acids is 1. The molecule has 6 nitrogen and oxygen atoms in total. The average Bonchev–Trinajstić information content (AvgIpc) is 3.02. The highest BCUT2D eigenvalue weighted by atomic mass is 16.5. The van der Waals surface area contributed by atoms with Gasteiger partial charge in [0.05, 0.1) is 35.9 Å². The molecule has 3 aromatic rings. The maximum Gasteiger partial charge on any atom is 0.153 e. The number of ether oxygens (including phenoxy) is 1. The smallest absolute Gasteiger partial charge is 0.153 e. The molecule has 0 radical (unpaired) electrons. The van der Waals surface area contributed by atoms with Crippen LogP contribution >= 0.6 is 0 Å². The fourth-order valence-electron chi connectivity index (χ4n) is 2.82. The summed E-state index contributed by atoms with van der Waals surface area (Å²) >= 11 is 0. The van der Waals surface area contributed by atoms with Crippen molar-refractivity contribution in [1.29, 1.82) is 0 Å². The predicted molar refractivity (Wildman–Crippen MR) is 105 cm³/mol. The van der Waals surface area contributed by atoms with Gasteiger partial charge in [-0.1, -0.05) is 13.0 Å². The molecule has 2 heterocycles. The Morgan fingerprint density at radius 3 is 2.59 bits per heavy atom. The van der Waals surface area contributed by atoms with Crippen LogP contribution in [0.5, 0.6) is 11.5 Å². The fourth-order valence-corrected chi connectivity index (χ4v) is 2.82. The normalized spacial score (nSPS) is 11.0. The number of aldehydes is 1. The summed E-state index contributed by atoms with van der Waals surface area (Å²) in [7, 11) is 6.01. The molecule has 1 aromatic carbocycles. The molecule has 0 spiro atoms. The lowest BCUT2D eigenvalue weighted by molar-refractivity contribution is 0.112. The van der Waals surface area contributed by atoms with E-state index in [1.165, 1.54) is 0 Å². The van der Waals surface area contributed by atoms with E-state index < -0.39 is 0 Å². The summed E-state index contributed by atoms with van der Waals surface area (Å²) in [5, 5.41) is 0. The number of hydrogen-bond acceptors (Lipinski definition) is 5. The number of hydrogen-bond donors (Lipinski definition) is 0. The molecule has 0 N–H and O–H groups in total. The third-order valence-electron chi connectivity index (χ3n) is 4.38. The van der Waals surface area contributed by atoms with Gasteiger partial charge in [-0.2, -0.15) is 0 Å². The number of imidazole rings is 1. The lowest BCUT2D eigenvalue weighted by Gasteiger charge is -2.11. The molecule has 0 bridgehead atoms. The van der Waals surface area contributed by atoms with Crippen LogP contribution in [0.25, 0.3) is 11.4 Å². The first-order valence-electron chi connectivity index (χ1n) is 8.89. The standard InChI is InChI=1S/C21H24N4O2/c1-5-15-6-7-16(14-26)20(10-15)27-17-8-9-18(22-11-17)19-12-23-21(25(19)4)13-24(2)3/h6-12,14H,5,13H2,1-4H3. The van der Waals surface area contributed by atoms with Crippen molar-refractivity contribution in [2.45, 2.75) is 19.9 Å². The quantitative estimate of drug-likeness (QED) is 0.598. The second-order valence-corrected chi connectivity index (χ2v) is 6.68. The molecule has 0 saturated carbocycles. The Morgan fingerprint density at radius 1 is 1.15 bits per heavy atom. The highest BCUT2D eigenvalue weighted by Gasteiger charge is 2.11. The molecule has 0 saturated heterocycles. The molecule has 27 heavy (non-hydrogen) atoms. The Kier molecular flexibility index (Phi) is 5.66. The Bertz CT molecular complexity index is 930. The van der Waals surface area contributed by atoms with Crippen molar-refractivity contribution >= 4 is 6.29 Å². The number of rotatable bonds is 7. The summed E-state index contributed by atoms with van der Waals surface area (Å²) in [4.78, 5) is 22.3. The maximum atomic E-state index is 11.3. The van der Waals surface area contributed by atoms with Crippen LogP contribution in [0.15, 0.2) is 42.7 Å². The largest absolute Gasteiger partial charge is 0.455 e. The zero-order valence-corrected chi connectivity index (χ0v) is 16.1. The van der Waals surface area contributed by atoms with Gasteiger partial charge in [-0.05, 0) is 50.3 Å². The highest BCUT2D eigenvalue weighted by molar-refractivity contribution is 5.79. The van der Waals surface area contributed by atoms with Crippen LogP contribution in [0.1, 0.15) is 28.7 Å². The lowest BCUT2D eigenvalue weighted by Crippen LogP contribution is -2.14. The Hall–Kier alpha value is -2.99. The van der Waals surface area contributed by atoms with Crippen molar-refractivity contribution in [2.24, 2.45) is 7.05 Å². The van der Waals surface area contributed by atoms with E-state index in [2.05, 4.69) is 21.8 Å². The zero-order valence-electron chi connectivity index (χ0n) is 16.1. The van der Waals surface area contributed by atoms with Gasteiger partial charge in [0.25, 0.3) is 0 Å². The van der Waals surface area contributed by atoms with Crippen LogP contribution < -0.4 is 4.74 Å². The third kappa shape index (κ3) is 4.23. The van der Waals surface area contributed by atoms with Crippen LogP contribution in [0, 0.1) is 0 Å². The average molecular weight is 364 g/mol. The minimum atomic E-state index is 0.524. The van der Waals surface area contributed by atoms with E-state index in [0.717, 1.165) is 42.0 Å². The monoisotopic (exact) mass is 364 g/mol. The summed E-state index contributed by atoms with van der Waals surface area (Å²) in [5.74, 6) is 2.11. The molecule has 0 aliphatic carbocycles. The van der Waals surface area contributed by atoms with Crippen LogP contribution in [0.4, 0.5) is 0 Å². The van der Waals surface area contributed by atoms with Gasteiger partial charge < -0.3 is 14.2 Å². The molecule has 2 aromatic heterocycles. The second kappa shape index (κ2) is 8.14. The molecule has 140 valence electrons. The number of aryl methyl sites for hydroxylation is 1. The van der Waals surface area contributed by atoms with Gasteiger partial charge in [0.2, 0.25) is 0 Å².